The van der Waals surface area contributed by atoms with Gasteiger partial charge in [-0.15, -0.1) is 0 Å². The van der Waals surface area contributed by atoms with Crippen LogP contribution >= 0.6 is 35.6 Å². The van der Waals surface area contributed by atoms with Crippen LogP contribution in [0.3, 0.4) is 0 Å². The molecule has 0 spiro atoms. The summed E-state index contributed by atoms with van der Waals surface area (Å²) >= 11 is 12.1. The number of rotatable bonds is 10. The van der Waals surface area contributed by atoms with Gasteiger partial charge in [-0.2, -0.15) is 13.2 Å². The van der Waals surface area contributed by atoms with Crippen LogP contribution in [0.1, 0.15) is 11.1 Å². The van der Waals surface area contributed by atoms with Crippen LogP contribution in [0.5, 0.6) is 17.2 Å². The van der Waals surface area contributed by atoms with Gasteiger partial charge >= 0.3 is 12.1 Å². The Morgan fingerprint density at radius 2 is 1.73 bits per heavy atom. The maximum atomic E-state index is 13.2. The monoisotopic (exact) mass is 666 g/mol. The number of hydrogen-bond acceptors (Lipinski definition) is 9. The molecule has 1 N–H and O–H groups in total. The molecule has 3 aromatic carbocycles. The third-order valence-electron chi connectivity index (χ3n) is 5.86. The fourth-order valence-electron chi connectivity index (χ4n) is 3.84. The van der Waals surface area contributed by atoms with Crippen molar-refractivity contribution in [2.45, 2.75) is 6.18 Å². The highest BCUT2D eigenvalue weighted by molar-refractivity contribution is 8.27. The molecule has 0 aromatic heterocycles. The standard InChI is InChI=1S/C29H22ClF3N2O7S2/c1-39-21-9-7-18(30)13-20(21)34-25(36)14-42-26(37)15-41-22-8-6-16(10-23(22)40-2)11-24-27(38)35(28(43)44-24)19-5-3-4-17(12-19)29(31,32)33/h3-13H,14-15H2,1-2H3,(H,34,36)/b24-11+. The van der Waals surface area contributed by atoms with Crippen molar-refractivity contribution in [1.82, 2.24) is 0 Å². The van der Waals surface area contributed by atoms with Crippen molar-refractivity contribution < 1.29 is 46.5 Å². The number of alkyl halides is 3. The summed E-state index contributed by atoms with van der Waals surface area (Å²) in [5, 5.41) is 2.91. The van der Waals surface area contributed by atoms with Crippen LogP contribution in [0.2, 0.25) is 5.02 Å². The van der Waals surface area contributed by atoms with Gasteiger partial charge in [0.2, 0.25) is 0 Å². The highest BCUT2D eigenvalue weighted by atomic mass is 35.5. The number of anilines is 2. The van der Waals surface area contributed by atoms with E-state index in [0.29, 0.717) is 22.0 Å². The molecule has 2 amide bonds. The molecular weight excluding hydrogens is 645 g/mol. The number of nitrogens with zero attached hydrogens (tertiary/aromatic N) is 1. The average Bonchev–Trinajstić information content (AvgIpc) is 3.26. The Morgan fingerprint density at radius 1 is 1.00 bits per heavy atom. The van der Waals surface area contributed by atoms with Crippen molar-refractivity contribution in [3.8, 4) is 17.2 Å². The van der Waals surface area contributed by atoms with Gasteiger partial charge in [0, 0.05) is 5.02 Å². The molecule has 1 aliphatic heterocycles. The number of carbonyl (C=O) groups is 3. The number of thiocarbonyl (C=S) groups is 1. The van der Waals surface area contributed by atoms with Crippen LogP contribution < -0.4 is 24.4 Å². The van der Waals surface area contributed by atoms with Crippen LogP contribution in [0.4, 0.5) is 24.5 Å². The highest BCUT2D eigenvalue weighted by Crippen LogP contribution is 2.39. The molecule has 0 atom stereocenters. The largest absolute Gasteiger partial charge is 0.495 e. The van der Waals surface area contributed by atoms with Crippen molar-refractivity contribution in [2.75, 3.05) is 37.7 Å². The van der Waals surface area contributed by atoms with Gasteiger partial charge in [0.15, 0.2) is 29.0 Å². The topological polar surface area (TPSA) is 103 Å². The maximum Gasteiger partial charge on any atom is 0.416 e. The molecule has 1 heterocycles. The summed E-state index contributed by atoms with van der Waals surface area (Å²) in [4.78, 5) is 38.7. The summed E-state index contributed by atoms with van der Waals surface area (Å²) in [5.74, 6) is -1.28. The number of benzene rings is 3. The van der Waals surface area contributed by atoms with Crippen LogP contribution in [0.25, 0.3) is 6.08 Å². The number of carbonyl (C=O) groups excluding carboxylic acids is 3. The predicted octanol–water partition coefficient (Wildman–Crippen LogP) is 6.34. The average molecular weight is 667 g/mol. The van der Waals surface area contributed by atoms with E-state index in [2.05, 4.69) is 5.32 Å². The molecule has 1 saturated heterocycles. The van der Waals surface area contributed by atoms with Gasteiger partial charge in [0.25, 0.3) is 11.8 Å². The summed E-state index contributed by atoms with van der Waals surface area (Å²) in [7, 11) is 2.79. The molecule has 44 heavy (non-hydrogen) atoms. The van der Waals surface area contributed by atoms with Gasteiger partial charge in [0.05, 0.1) is 36.1 Å². The van der Waals surface area contributed by atoms with Crippen LogP contribution in [0, 0.1) is 0 Å². The van der Waals surface area contributed by atoms with E-state index in [1.807, 2.05) is 0 Å². The Hall–Kier alpha value is -4.27. The normalized spacial score (nSPS) is 14.0. The fraction of sp³-hybridized carbons (Fsp3) is 0.172. The first-order chi connectivity index (χ1) is 20.9. The molecule has 230 valence electrons. The van der Waals surface area contributed by atoms with E-state index in [-0.39, 0.29) is 26.4 Å². The lowest BCUT2D eigenvalue weighted by Crippen LogP contribution is -2.27. The lowest BCUT2D eigenvalue weighted by molar-refractivity contribution is -0.149. The first kappa shape index (κ1) is 32.6. The number of thioether (sulfide) groups is 1. The van der Waals surface area contributed by atoms with E-state index >= 15 is 0 Å². The lowest BCUT2D eigenvalue weighted by Gasteiger charge is -2.16. The highest BCUT2D eigenvalue weighted by Gasteiger charge is 2.36. The number of nitrogens with one attached hydrogen (secondary N) is 1. The summed E-state index contributed by atoms with van der Waals surface area (Å²) in [6.07, 6.45) is -3.08. The number of ether oxygens (including phenoxy) is 4. The third-order valence-corrected chi connectivity index (χ3v) is 7.39. The van der Waals surface area contributed by atoms with E-state index in [1.165, 1.54) is 50.6 Å². The third kappa shape index (κ3) is 8.01. The zero-order valence-electron chi connectivity index (χ0n) is 22.9. The Bertz CT molecular complexity index is 1650. The zero-order chi connectivity index (χ0) is 32.0. The zero-order valence-corrected chi connectivity index (χ0v) is 25.3. The van der Waals surface area contributed by atoms with Gasteiger partial charge in [-0.25, -0.2) is 4.79 Å². The maximum absolute atomic E-state index is 13.2. The molecular formula is C29H22ClF3N2O7S2. The lowest BCUT2D eigenvalue weighted by atomic mass is 10.1. The molecule has 0 bridgehead atoms. The first-order valence-corrected chi connectivity index (χ1v) is 14.0. The van der Waals surface area contributed by atoms with E-state index in [4.69, 9.17) is 42.8 Å². The van der Waals surface area contributed by atoms with Crippen molar-refractivity contribution in [3.63, 3.8) is 0 Å². The van der Waals surface area contributed by atoms with Crippen molar-refractivity contribution in [3.05, 3.63) is 81.7 Å². The molecule has 9 nitrogen and oxygen atoms in total. The minimum absolute atomic E-state index is 0.000565. The second-order valence-electron chi connectivity index (χ2n) is 8.82. The van der Waals surface area contributed by atoms with E-state index in [9.17, 15) is 27.6 Å². The van der Waals surface area contributed by atoms with Gasteiger partial charge in [-0.1, -0.05) is 47.7 Å². The number of methoxy groups -OCH3 is 2. The Morgan fingerprint density at radius 3 is 2.43 bits per heavy atom. The van der Waals surface area contributed by atoms with Crippen LogP contribution in [0.15, 0.2) is 65.6 Å². The van der Waals surface area contributed by atoms with Gasteiger partial charge in [-0.05, 0) is 60.2 Å². The molecule has 0 radical (unpaired) electrons. The molecule has 1 fully saturated rings. The van der Waals surface area contributed by atoms with Gasteiger partial charge in [-0.3, -0.25) is 14.5 Å². The van der Waals surface area contributed by atoms with E-state index in [1.54, 1.807) is 18.2 Å². The fourth-order valence-corrected chi connectivity index (χ4v) is 5.32. The molecule has 1 aliphatic rings. The van der Waals surface area contributed by atoms with Crippen molar-refractivity contribution in [1.29, 1.82) is 0 Å². The number of esters is 1. The van der Waals surface area contributed by atoms with Crippen LogP contribution in [-0.4, -0.2) is 49.5 Å². The SMILES string of the molecule is COc1ccc(Cl)cc1NC(=O)COC(=O)COc1ccc(/C=C2/SC(=S)N(c3cccc(C(F)(F)F)c3)C2=O)cc1OC. The molecule has 0 aliphatic carbocycles. The Kier molecular flexibility index (Phi) is 10.4. The summed E-state index contributed by atoms with van der Waals surface area (Å²) in [6, 6.07) is 13.6. The molecule has 4 rings (SSSR count). The molecule has 0 saturated carbocycles. The summed E-state index contributed by atoms with van der Waals surface area (Å²) in [5.41, 5.74) is -0.103. The van der Waals surface area contributed by atoms with Crippen LogP contribution in [-0.2, 0) is 25.3 Å². The van der Waals surface area contributed by atoms with E-state index in [0.717, 1.165) is 28.8 Å². The van der Waals surface area contributed by atoms with Crippen molar-refractivity contribution in [2.24, 2.45) is 0 Å². The number of hydrogen-bond donors (Lipinski definition) is 1. The second-order valence-corrected chi connectivity index (χ2v) is 10.9. The van der Waals surface area contributed by atoms with Crippen molar-refractivity contribution >= 4 is 75.1 Å². The molecule has 15 heteroatoms. The Labute approximate surface area is 263 Å². The smallest absolute Gasteiger partial charge is 0.416 e. The summed E-state index contributed by atoms with van der Waals surface area (Å²) < 4.78 is 60.5. The molecule has 3 aromatic rings. The van der Waals surface area contributed by atoms with Gasteiger partial charge in [0.1, 0.15) is 5.75 Å². The second kappa shape index (κ2) is 14.0. The Balaban J connectivity index is 1.36. The summed E-state index contributed by atoms with van der Waals surface area (Å²) in [6.45, 7) is -1.13. The number of amides is 2. The molecule has 0 unspecified atom stereocenters. The minimum atomic E-state index is -4.58. The number of halogens is 4. The predicted molar refractivity (Wildman–Crippen MR) is 163 cm³/mol. The quantitative estimate of drug-likeness (QED) is 0.151. The minimum Gasteiger partial charge on any atom is -0.495 e. The first-order valence-electron chi connectivity index (χ1n) is 12.4. The van der Waals surface area contributed by atoms with Gasteiger partial charge < -0.3 is 24.3 Å². The van der Waals surface area contributed by atoms with E-state index < -0.39 is 42.7 Å².